The summed E-state index contributed by atoms with van der Waals surface area (Å²) in [6.07, 6.45) is 0.481. The van der Waals surface area contributed by atoms with Gasteiger partial charge in [0.25, 0.3) is 6.47 Å². The van der Waals surface area contributed by atoms with E-state index >= 15 is 0 Å². The summed E-state index contributed by atoms with van der Waals surface area (Å²) >= 11 is 0. The minimum absolute atomic E-state index is 0.206. The van der Waals surface area contributed by atoms with Crippen LogP contribution in [0.3, 0.4) is 0 Å². The van der Waals surface area contributed by atoms with Crippen LogP contribution in [0.15, 0.2) is 0 Å². The number of carbonyl (C=O) groups excluding carboxylic acids is 2. The summed E-state index contributed by atoms with van der Waals surface area (Å²) in [5.74, 6) is 0. The van der Waals surface area contributed by atoms with E-state index in [2.05, 4.69) is 10.1 Å². The van der Waals surface area contributed by atoms with Gasteiger partial charge in [-0.15, -0.1) is 0 Å². The highest BCUT2D eigenvalue weighted by atomic mass is 16.7. The number of unbranched alkanes of at least 4 members (excludes halogenated alkanes) is 1. The average Bonchev–Trinajstić information content (AvgIpc) is 2.52. The van der Waals surface area contributed by atoms with E-state index in [9.17, 15) is 9.59 Å². The van der Waals surface area contributed by atoms with Crippen LogP contribution in [0.5, 0.6) is 0 Å². The molecule has 0 bridgehead atoms. The molecule has 1 N–H and O–H groups in total. The second kappa shape index (κ2) is 10.4. The third-order valence-corrected chi connectivity index (χ3v) is 3.51. The van der Waals surface area contributed by atoms with Crippen molar-refractivity contribution in [3.05, 3.63) is 0 Å². The lowest BCUT2D eigenvalue weighted by Crippen LogP contribution is -2.57. The van der Waals surface area contributed by atoms with Crippen LogP contribution in [0.25, 0.3) is 0 Å². The third-order valence-electron chi connectivity index (χ3n) is 3.51. The first-order valence-electron chi connectivity index (χ1n) is 7.32. The molecule has 1 fully saturated rings. The maximum Gasteiger partial charge on any atom is 0.407 e. The SMILES string of the molecule is CO[C@H]1C[C@H](OC)[C@H](NC(=O)OCCCCOC=O)[C@H](C)O1. The molecule has 0 aromatic heterocycles. The van der Waals surface area contributed by atoms with Gasteiger partial charge in [-0.25, -0.2) is 4.79 Å². The fourth-order valence-electron chi connectivity index (χ4n) is 2.30. The lowest BCUT2D eigenvalue weighted by atomic mass is 9.99. The van der Waals surface area contributed by atoms with E-state index in [0.29, 0.717) is 32.3 Å². The molecule has 0 aromatic carbocycles. The Morgan fingerprint density at radius 2 is 2.00 bits per heavy atom. The van der Waals surface area contributed by atoms with Crippen LogP contribution in [0, 0.1) is 0 Å². The van der Waals surface area contributed by atoms with Crippen molar-refractivity contribution in [3.8, 4) is 0 Å². The molecule has 1 rings (SSSR count). The first-order chi connectivity index (χ1) is 10.6. The smallest absolute Gasteiger partial charge is 0.407 e. The van der Waals surface area contributed by atoms with Crippen molar-refractivity contribution in [1.29, 1.82) is 0 Å². The van der Waals surface area contributed by atoms with Crippen molar-refractivity contribution in [1.82, 2.24) is 5.32 Å². The van der Waals surface area contributed by atoms with Gasteiger partial charge >= 0.3 is 6.09 Å². The molecule has 8 heteroatoms. The molecule has 128 valence electrons. The van der Waals surface area contributed by atoms with Gasteiger partial charge in [-0.2, -0.15) is 0 Å². The number of methoxy groups -OCH3 is 2. The Bertz CT molecular complexity index is 339. The minimum Gasteiger partial charge on any atom is -0.468 e. The maximum absolute atomic E-state index is 11.8. The molecule has 8 nitrogen and oxygen atoms in total. The van der Waals surface area contributed by atoms with Gasteiger partial charge in [0.1, 0.15) is 0 Å². The average molecular weight is 319 g/mol. The highest BCUT2D eigenvalue weighted by Crippen LogP contribution is 2.22. The predicted molar refractivity (Wildman–Crippen MR) is 76.3 cm³/mol. The van der Waals surface area contributed by atoms with E-state index in [-0.39, 0.29) is 31.1 Å². The van der Waals surface area contributed by atoms with Gasteiger partial charge in [0.05, 0.1) is 31.5 Å². The molecule has 0 radical (unpaired) electrons. The van der Waals surface area contributed by atoms with Gasteiger partial charge in [-0.1, -0.05) is 0 Å². The van der Waals surface area contributed by atoms with Crippen molar-refractivity contribution in [2.45, 2.75) is 50.7 Å². The van der Waals surface area contributed by atoms with Crippen LogP contribution in [0.1, 0.15) is 26.2 Å². The molecule has 1 aliphatic heterocycles. The van der Waals surface area contributed by atoms with Crippen LogP contribution in [0.2, 0.25) is 0 Å². The molecule has 0 aliphatic carbocycles. The zero-order valence-corrected chi connectivity index (χ0v) is 13.3. The van der Waals surface area contributed by atoms with Crippen molar-refractivity contribution in [2.24, 2.45) is 0 Å². The Balaban J connectivity index is 2.31. The van der Waals surface area contributed by atoms with Crippen LogP contribution < -0.4 is 5.32 Å². The number of carbonyl (C=O) groups is 2. The lowest BCUT2D eigenvalue weighted by Gasteiger charge is -2.39. The quantitative estimate of drug-likeness (QED) is 0.497. The van der Waals surface area contributed by atoms with Crippen LogP contribution in [-0.2, 0) is 28.5 Å². The Labute approximate surface area is 130 Å². The predicted octanol–water partition coefficient (Wildman–Crippen LogP) is 0.831. The first kappa shape index (κ1) is 18.7. The van der Waals surface area contributed by atoms with Crippen molar-refractivity contribution >= 4 is 12.6 Å². The highest BCUT2D eigenvalue weighted by Gasteiger charge is 2.38. The molecule has 22 heavy (non-hydrogen) atoms. The van der Waals surface area contributed by atoms with E-state index in [1.54, 1.807) is 14.2 Å². The normalized spacial score (nSPS) is 28.0. The number of nitrogens with one attached hydrogen (secondary N) is 1. The fraction of sp³-hybridized carbons (Fsp3) is 0.857. The highest BCUT2D eigenvalue weighted by molar-refractivity contribution is 5.67. The van der Waals surface area contributed by atoms with Gasteiger partial charge in [0, 0.05) is 20.6 Å². The van der Waals surface area contributed by atoms with E-state index < -0.39 is 6.09 Å². The molecular formula is C14H25NO7. The molecule has 0 saturated carbocycles. The summed E-state index contributed by atoms with van der Waals surface area (Å²) < 4.78 is 25.8. The van der Waals surface area contributed by atoms with Crippen LogP contribution in [0.4, 0.5) is 4.79 Å². The largest absolute Gasteiger partial charge is 0.468 e. The zero-order chi connectivity index (χ0) is 16.4. The molecule has 0 aromatic rings. The summed E-state index contributed by atoms with van der Waals surface area (Å²) in [4.78, 5) is 21.7. The molecular weight excluding hydrogens is 294 g/mol. The number of alkyl carbamates (subject to hydrolysis) is 1. The molecule has 1 heterocycles. The third kappa shape index (κ3) is 6.17. The second-order valence-corrected chi connectivity index (χ2v) is 5.00. The fourth-order valence-corrected chi connectivity index (χ4v) is 2.30. The zero-order valence-electron chi connectivity index (χ0n) is 13.3. The summed E-state index contributed by atoms with van der Waals surface area (Å²) in [7, 11) is 3.16. The van der Waals surface area contributed by atoms with Gasteiger partial charge < -0.3 is 29.0 Å². The molecule has 0 unspecified atom stereocenters. The van der Waals surface area contributed by atoms with Crippen LogP contribution >= 0.6 is 0 Å². The van der Waals surface area contributed by atoms with Crippen LogP contribution in [-0.4, -0.2) is 64.5 Å². The Morgan fingerprint density at radius 3 is 2.64 bits per heavy atom. The van der Waals surface area contributed by atoms with Gasteiger partial charge in [-0.3, -0.25) is 4.79 Å². The Hall–Kier alpha value is -1.38. The summed E-state index contributed by atoms with van der Waals surface area (Å²) in [6, 6.07) is -0.303. The summed E-state index contributed by atoms with van der Waals surface area (Å²) in [5, 5.41) is 2.76. The molecule has 0 spiro atoms. The van der Waals surface area contributed by atoms with E-state index in [1.165, 1.54) is 0 Å². The number of ether oxygens (including phenoxy) is 5. The monoisotopic (exact) mass is 319 g/mol. The Kier molecular flexibility index (Phi) is 8.79. The standard InChI is InChI=1S/C14H25NO7/c1-10-13(11(18-2)8-12(19-3)22-10)15-14(17)21-7-5-4-6-20-9-16/h9-13H,4-8H2,1-3H3,(H,15,17)/t10-,11-,12+,13+/m0/s1. The van der Waals surface area contributed by atoms with Gasteiger partial charge in [-0.05, 0) is 19.8 Å². The number of hydrogen-bond donors (Lipinski definition) is 1. The molecule has 4 atom stereocenters. The van der Waals surface area contributed by atoms with Crippen molar-refractivity contribution in [2.75, 3.05) is 27.4 Å². The van der Waals surface area contributed by atoms with Gasteiger partial charge in [0.2, 0.25) is 0 Å². The molecule has 1 aliphatic rings. The maximum atomic E-state index is 11.8. The molecule has 1 saturated heterocycles. The van der Waals surface area contributed by atoms with E-state index in [0.717, 1.165) is 0 Å². The lowest BCUT2D eigenvalue weighted by molar-refractivity contribution is -0.213. The summed E-state index contributed by atoms with van der Waals surface area (Å²) in [6.45, 7) is 2.83. The van der Waals surface area contributed by atoms with Crippen molar-refractivity contribution < 1.29 is 33.3 Å². The van der Waals surface area contributed by atoms with E-state index in [1.807, 2.05) is 6.92 Å². The van der Waals surface area contributed by atoms with E-state index in [4.69, 9.17) is 18.9 Å². The molecule has 1 amide bonds. The summed E-state index contributed by atoms with van der Waals surface area (Å²) in [5.41, 5.74) is 0. The number of hydrogen-bond acceptors (Lipinski definition) is 7. The number of rotatable bonds is 9. The van der Waals surface area contributed by atoms with Crippen molar-refractivity contribution in [3.63, 3.8) is 0 Å². The number of amides is 1. The topological polar surface area (TPSA) is 92.3 Å². The Morgan fingerprint density at radius 1 is 1.27 bits per heavy atom. The first-order valence-corrected chi connectivity index (χ1v) is 7.32. The van der Waals surface area contributed by atoms with Gasteiger partial charge in [0.15, 0.2) is 6.29 Å². The second-order valence-electron chi connectivity index (χ2n) is 5.00. The minimum atomic E-state index is -0.519.